The molecule has 3 N–H and O–H groups in total. The number of rotatable bonds is 5. The molecule has 1 amide bonds. The van der Waals surface area contributed by atoms with Gasteiger partial charge in [-0.3, -0.25) is 25.3 Å². The van der Waals surface area contributed by atoms with E-state index in [1.54, 1.807) is 18.3 Å². The number of fused-ring (bicyclic) bond motifs is 1. The van der Waals surface area contributed by atoms with Gasteiger partial charge in [-0.15, -0.1) is 10.2 Å². The molecule has 0 aliphatic heterocycles. The monoisotopic (exact) mass is 395 g/mol. The van der Waals surface area contributed by atoms with Gasteiger partial charge in [0.15, 0.2) is 5.82 Å². The van der Waals surface area contributed by atoms with Crippen molar-refractivity contribution in [3.63, 3.8) is 0 Å². The summed E-state index contributed by atoms with van der Waals surface area (Å²) >= 11 is 0. The Labute approximate surface area is 171 Å². The third-order valence-electron chi connectivity index (χ3n) is 4.73. The zero-order valence-electron chi connectivity index (χ0n) is 15.8. The normalized spacial score (nSPS) is 10.8. The van der Waals surface area contributed by atoms with E-state index in [0.717, 1.165) is 22.2 Å². The van der Waals surface area contributed by atoms with Gasteiger partial charge in [0.05, 0.1) is 23.0 Å². The van der Waals surface area contributed by atoms with Crippen molar-refractivity contribution in [3.8, 4) is 17.1 Å². The first-order valence-electron chi connectivity index (χ1n) is 9.36. The molecule has 0 fully saturated rings. The van der Waals surface area contributed by atoms with E-state index in [1.165, 1.54) is 0 Å². The summed E-state index contributed by atoms with van der Waals surface area (Å²) in [7, 11) is 0. The molecule has 0 spiro atoms. The lowest BCUT2D eigenvalue weighted by atomic mass is 10.1. The number of hydrogen-bond donors (Lipinski definition) is 3. The van der Waals surface area contributed by atoms with Crippen LogP contribution in [0.25, 0.3) is 28.0 Å². The number of nitrogens with one attached hydrogen (secondary N) is 3. The second kappa shape index (κ2) is 7.51. The Morgan fingerprint density at radius 3 is 2.43 bits per heavy atom. The molecule has 0 saturated carbocycles. The zero-order valence-corrected chi connectivity index (χ0v) is 15.8. The molecule has 2 aromatic heterocycles. The molecule has 5 rings (SSSR count). The van der Waals surface area contributed by atoms with Crippen molar-refractivity contribution in [2.24, 2.45) is 0 Å². The van der Waals surface area contributed by atoms with Crippen LogP contribution < -0.4 is 10.9 Å². The molecule has 8 nitrogen and oxygen atoms in total. The molecule has 0 aliphatic rings. The number of nitrogens with zero attached hydrogens (tertiary/aromatic N) is 4. The Morgan fingerprint density at radius 2 is 1.63 bits per heavy atom. The van der Waals surface area contributed by atoms with E-state index in [0.29, 0.717) is 17.3 Å². The van der Waals surface area contributed by atoms with Crippen molar-refractivity contribution in [2.75, 3.05) is 5.43 Å². The first-order chi connectivity index (χ1) is 14.8. The number of para-hydroxylation sites is 1. The average Bonchev–Trinajstić information content (AvgIpc) is 3.45. The standard InChI is InChI=1S/C22H17N7O/c30-21(17-12-7-13-19-18(17)14-23-24-19)26-28-22-27-25-20(15-8-3-1-4-9-15)29(22)16-10-5-2-6-11-16/h1-14H,(H,23,24)(H,26,30)(H,27,28). The van der Waals surface area contributed by atoms with E-state index < -0.39 is 0 Å². The predicted octanol–water partition coefficient (Wildman–Crippen LogP) is 3.57. The summed E-state index contributed by atoms with van der Waals surface area (Å²) in [6.07, 6.45) is 1.63. The van der Waals surface area contributed by atoms with Gasteiger partial charge in [-0.1, -0.05) is 54.6 Å². The highest BCUT2D eigenvalue weighted by molar-refractivity contribution is 6.06. The van der Waals surface area contributed by atoms with Crippen LogP contribution in [0.3, 0.4) is 0 Å². The topological polar surface area (TPSA) is 101 Å². The lowest BCUT2D eigenvalue weighted by Gasteiger charge is -2.12. The summed E-state index contributed by atoms with van der Waals surface area (Å²) in [6, 6.07) is 24.9. The van der Waals surface area contributed by atoms with E-state index in [1.807, 2.05) is 71.3 Å². The zero-order chi connectivity index (χ0) is 20.3. The van der Waals surface area contributed by atoms with Crippen molar-refractivity contribution in [3.05, 3.63) is 90.6 Å². The van der Waals surface area contributed by atoms with Gasteiger partial charge in [0, 0.05) is 10.9 Å². The molecule has 0 bridgehead atoms. The quantitative estimate of drug-likeness (QED) is 0.395. The summed E-state index contributed by atoms with van der Waals surface area (Å²) in [4.78, 5) is 12.8. The van der Waals surface area contributed by atoms with Gasteiger partial charge >= 0.3 is 0 Å². The fourth-order valence-electron chi connectivity index (χ4n) is 3.31. The number of aromatic nitrogens is 5. The maximum Gasteiger partial charge on any atom is 0.270 e. The molecule has 0 unspecified atom stereocenters. The van der Waals surface area contributed by atoms with E-state index in [2.05, 4.69) is 31.2 Å². The molecule has 5 aromatic rings. The number of carbonyl (C=O) groups excluding carboxylic acids is 1. The molecule has 0 aliphatic carbocycles. The van der Waals surface area contributed by atoms with Crippen LogP contribution in [0.15, 0.2) is 85.1 Å². The van der Waals surface area contributed by atoms with E-state index in [-0.39, 0.29) is 5.91 Å². The number of hydrazine groups is 1. The minimum Gasteiger partial charge on any atom is -0.278 e. The Balaban J connectivity index is 1.48. The lowest BCUT2D eigenvalue weighted by molar-refractivity contribution is 0.0964. The molecule has 0 radical (unpaired) electrons. The van der Waals surface area contributed by atoms with E-state index >= 15 is 0 Å². The summed E-state index contributed by atoms with van der Waals surface area (Å²) in [6.45, 7) is 0. The molecular formula is C22H17N7O. The second-order valence-electron chi connectivity index (χ2n) is 6.60. The number of carbonyl (C=O) groups is 1. The SMILES string of the molecule is O=C(NNc1nnc(-c2ccccc2)n1-c1ccccc1)c1cccc2[nH]ncc12. The van der Waals surface area contributed by atoms with Gasteiger partial charge < -0.3 is 0 Å². The number of anilines is 1. The van der Waals surface area contributed by atoms with Crippen LogP contribution in [0, 0.1) is 0 Å². The first-order valence-corrected chi connectivity index (χ1v) is 9.36. The molecular weight excluding hydrogens is 378 g/mol. The predicted molar refractivity (Wildman–Crippen MR) is 114 cm³/mol. The molecule has 0 atom stereocenters. The third kappa shape index (κ3) is 3.16. The number of H-pyrrole nitrogens is 1. The van der Waals surface area contributed by atoms with Crippen LogP contribution in [-0.4, -0.2) is 30.9 Å². The van der Waals surface area contributed by atoms with Crippen molar-refractivity contribution in [2.45, 2.75) is 0 Å². The molecule has 8 heteroatoms. The van der Waals surface area contributed by atoms with Crippen LogP contribution in [0.1, 0.15) is 10.4 Å². The van der Waals surface area contributed by atoms with Crippen LogP contribution >= 0.6 is 0 Å². The Hall–Kier alpha value is -4.46. The highest BCUT2D eigenvalue weighted by Crippen LogP contribution is 2.24. The first kappa shape index (κ1) is 17.6. The fourth-order valence-corrected chi connectivity index (χ4v) is 3.31. The van der Waals surface area contributed by atoms with Gasteiger partial charge in [0.25, 0.3) is 5.91 Å². The minimum absolute atomic E-state index is 0.300. The van der Waals surface area contributed by atoms with Gasteiger partial charge in [-0.2, -0.15) is 5.10 Å². The summed E-state index contributed by atoms with van der Waals surface area (Å²) in [5.74, 6) is 0.758. The number of hydrogen-bond acceptors (Lipinski definition) is 5. The van der Waals surface area contributed by atoms with Crippen LogP contribution in [0.4, 0.5) is 5.95 Å². The summed E-state index contributed by atoms with van der Waals surface area (Å²) in [5.41, 5.74) is 8.71. The molecule has 0 saturated heterocycles. The number of amides is 1. The maximum absolute atomic E-state index is 12.8. The minimum atomic E-state index is -0.300. The molecule has 3 aromatic carbocycles. The van der Waals surface area contributed by atoms with E-state index in [9.17, 15) is 4.79 Å². The number of benzene rings is 3. The van der Waals surface area contributed by atoms with Gasteiger partial charge in [-0.05, 0) is 24.3 Å². The van der Waals surface area contributed by atoms with E-state index in [4.69, 9.17) is 0 Å². The van der Waals surface area contributed by atoms with Crippen molar-refractivity contribution >= 4 is 22.8 Å². The van der Waals surface area contributed by atoms with Crippen LogP contribution in [-0.2, 0) is 0 Å². The van der Waals surface area contributed by atoms with Crippen LogP contribution in [0.2, 0.25) is 0 Å². The largest absolute Gasteiger partial charge is 0.278 e. The summed E-state index contributed by atoms with van der Waals surface area (Å²) in [5, 5.41) is 16.2. The summed E-state index contributed by atoms with van der Waals surface area (Å²) < 4.78 is 1.86. The van der Waals surface area contributed by atoms with Crippen molar-refractivity contribution in [1.29, 1.82) is 0 Å². The Kier molecular flexibility index (Phi) is 4.41. The molecule has 30 heavy (non-hydrogen) atoms. The maximum atomic E-state index is 12.8. The van der Waals surface area contributed by atoms with Gasteiger partial charge in [0.2, 0.25) is 5.95 Å². The Morgan fingerprint density at radius 1 is 0.867 bits per heavy atom. The van der Waals surface area contributed by atoms with Gasteiger partial charge in [0.1, 0.15) is 0 Å². The second-order valence-corrected chi connectivity index (χ2v) is 6.60. The average molecular weight is 395 g/mol. The van der Waals surface area contributed by atoms with Crippen molar-refractivity contribution < 1.29 is 4.79 Å². The van der Waals surface area contributed by atoms with Crippen LogP contribution in [0.5, 0.6) is 0 Å². The smallest absolute Gasteiger partial charge is 0.270 e. The highest BCUT2D eigenvalue weighted by atomic mass is 16.2. The Bertz CT molecular complexity index is 1310. The number of aromatic amines is 1. The molecule has 146 valence electrons. The van der Waals surface area contributed by atoms with Gasteiger partial charge in [-0.25, -0.2) is 0 Å². The lowest BCUT2D eigenvalue weighted by Crippen LogP contribution is -2.31. The third-order valence-corrected chi connectivity index (χ3v) is 4.73. The fraction of sp³-hybridized carbons (Fsp3) is 0. The highest BCUT2D eigenvalue weighted by Gasteiger charge is 2.17. The van der Waals surface area contributed by atoms with Crippen molar-refractivity contribution in [1.82, 2.24) is 30.4 Å². The molecule has 2 heterocycles.